The number of alkyl halides is 1. The van der Waals surface area contributed by atoms with Gasteiger partial charge < -0.3 is 0 Å². The quantitative estimate of drug-likeness (QED) is 0.740. The second-order valence-corrected chi connectivity index (χ2v) is 5.57. The number of hydrogen-bond acceptors (Lipinski definition) is 2. The fourth-order valence-electron chi connectivity index (χ4n) is 2.98. The summed E-state index contributed by atoms with van der Waals surface area (Å²) in [5.74, 6) is 0.718. The molecule has 1 saturated carbocycles. The van der Waals surface area contributed by atoms with Gasteiger partial charge in [0.2, 0.25) is 0 Å². The van der Waals surface area contributed by atoms with Crippen molar-refractivity contribution in [3.63, 3.8) is 0 Å². The number of halogens is 1. The van der Waals surface area contributed by atoms with Crippen LogP contribution in [-0.4, -0.2) is 33.1 Å². The average Bonchev–Trinajstić information content (AvgIpc) is 2.97. The Morgan fingerprint density at radius 2 is 2.17 bits per heavy atom. The third-order valence-electron chi connectivity index (χ3n) is 3.86. The van der Waals surface area contributed by atoms with E-state index in [0.717, 1.165) is 37.3 Å². The molecule has 0 bridgehead atoms. The smallest absolute Gasteiger partial charge is 0.0597 e. The average molecular weight is 270 g/mol. The van der Waals surface area contributed by atoms with Gasteiger partial charge in [-0.1, -0.05) is 12.8 Å². The molecule has 1 aliphatic rings. The van der Waals surface area contributed by atoms with Crippen molar-refractivity contribution in [2.24, 2.45) is 0 Å². The van der Waals surface area contributed by atoms with Gasteiger partial charge in [-0.05, 0) is 32.8 Å². The third kappa shape index (κ3) is 3.27. The summed E-state index contributed by atoms with van der Waals surface area (Å²) in [6.07, 6.45) is 5.40. The molecule has 0 aliphatic heterocycles. The van der Waals surface area contributed by atoms with E-state index in [-0.39, 0.29) is 0 Å². The lowest BCUT2D eigenvalue weighted by Gasteiger charge is -2.28. The monoisotopic (exact) mass is 269 g/mol. The summed E-state index contributed by atoms with van der Waals surface area (Å²) in [6, 6.07) is 2.93. The maximum atomic E-state index is 5.96. The van der Waals surface area contributed by atoms with Crippen LogP contribution in [0.15, 0.2) is 6.07 Å². The maximum Gasteiger partial charge on any atom is 0.0597 e. The van der Waals surface area contributed by atoms with Crippen molar-refractivity contribution in [2.75, 3.05) is 12.4 Å². The van der Waals surface area contributed by atoms with Crippen molar-refractivity contribution < 1.29 is 0 Å². The molecule has 1 aromatic rings. The minimum Gasteiger partial charge on any atom is -0.293 e. The zero-order chi connectivity index (χ0) is 13.0. The van der Waals surface area contributed by atoms with E-state index in [9.17, 15) is 0 Å². The highest BCUT2D eigenvalue weighted by Crippen LogP contribution is 2.25. The number of aryl methyl sites for hydroxylation is 2. The molecule has 4 heteroatoms. The molecular weight excluding hydrogens is 246 g/mol. The van der Waals surface area contributed by atoms with Gasteiger partial charge in [-0.25, -0.2) is 0 Å². The van der Waals surface area contributed by atoms with Crippen LogP contribution in [0.2, 0.25) is 0 Å². The number of aromatic nitrogens is 2. The second kappa shape index (κ2) is 6.58. The highest BCUT2D eigenvalue weighted by Gasteiger charge is 2.23. The van der Waals surface area contributed by atoms with Gasteiger partial charge in [0.05, 0.1) is 11.4 Å². The van der Waals surface area contributed by atoms with Gasteiger partial charge in [-0.2, -0.15) is 5.10 Å². The summed E-state index contributed by atoms with van der Waals surface area (Å²) in [6.45, 7) is 7.14. The summed E-state index contributed by atoms with van der Waals surface area (Å²) >= 11 is 5.96. The first-order valence-electron chi connectivity index (χ1n) is 7.08. The summed E-state index contributed by atoms with van der Waals surface area (Å²) in [5, 5.41) is 4.53. The second-order valence-electron chi connectivity index (χ2n) is 5.19. The van der Waals surface area contributed by atoms with Crippen LogP contribution >= 0.6 is 11.6 Å². The van der Waals surface area contributed by atoms with Crippen molar-refractivity contribution in [3.05, 3.63) is 17.5 Å². The molecule has 0 aromatic carbocycles. The predicted octanol–water partition coefficient (Wildman–Crippen LogP) is 3.19. The van der Waals surface area contributed by atoms with E-state index in [1.807, 2.05) is 0 Å². The Hall–Kier alpha value is -0.540. The van der Waals surface area contributed by atoms with E-state index in [4.69, 9.17) is 11.6 Å². The Morgan fingerprint density at radius 1 is 1.44 bits per heavy atom. The zero-order valence-corrected chi connectivity index (χ0v) is 12.3. The Labute approximate surface area is 115 Å². The maximum absolute atomic E-state index is 5.96. The topological polar surface area (TPSA) is 21.1 Å². The lowest BCUT2D eigenvalue weighted by molar-refractivity contribution is 0.196. The van der Waals surface area contributed by atoms with Crippen molar-refractivity contribution in [3.8, 4) is 0 Å². The number of nitrogens with zero attached hydrogens (tertiary/aromatic N) is 3. The molecular formula is C14H24ClN3. The first-order valence-corrected chi connectivity index (χ1v) is 7.61. The molecule has 1 heterocycles. The summed E-state index contributed by atoms with van der Waals surface area (Å²) in [4.78, 5) is 2.54. The van der Waals surface area contributed by atoms with Gasteiger partial charge in [0, 0.05) is 31.6 Å². The Kier molecular flexibility index (Phi) is 5.07. The van der Waals surface area contributed by atoms with Crippen molar-refractivity contribution >= 4 is 11.6 Å². The van der Waals surface area contributed by atoms with Crippen LogP contribution in [0, 0.1) is 6.92 Å². The van der Waals surface area contributed by atoms with Crippen LogP contribution in [0.1, 0.15) is 44.0 Å². The molecule has 0 unspecified atom stereocenters. The van der Waals surface area contributed by atoms with Crippen LogP contribution in [0.25, 0.3) is 0 Å². The number of hydrogen-bond donors (Lipinski definition) is 0. The Balaban J connectivity index is 2.06. The number of rotatable bonds is 6. The molecule has 1 aliphatic carbocycles. The van der Waals surface area contributed by atoms with Crippen LogP contribution < -0.4 is 0 Å². The van der Waals surface area contributed by atoms with Gasteiger partial charge in [0.25, 0.3) is 0 Å². The highest BCUT2D eigenvalue weighted by atomic mass is 35.5. The van der Waals surface area contributed by atoms with E-state index in [2.05, 4.69) is 34.6 Å². The van der Waals surface area contributed by atoms with E-state index in [1.54, 1.807) is 0 Å². The van der Waals surface area contributed by atoms with Gasteiger partial charge in [0.1, 0.15) is 0 Å². The van der Waals surface area contributed by atoms with Crippen molar-refractivity contribution in [1.29, 1.82) is 0 Å². The molecule has 1 aromatic heterocycles. The molecule has 2 rings (SSSR count). The van der Waals surface area contributed by atoms with Crippen LogP contribution in [0.4, 0.5) is 0 Å². The lowest BCUT2D eigenvalue weighted by atomic mass is 10.2. The van der Waals surface area contributed by atoms with E-state index < -0.39 is 0 Å². The van der Waals surface area contributed by atoms with Crippen LogP contribution in [0.3, 0.4) is 0 Å². The van der Waals surface area contributed by atoms with Crippen molar-refractivity contribution in [2.45, 2.75) is 58.7 Å². The first kappa shape index (κ1) is 13.9. The Bertz CT molecular complexity index is 369. The molecule has 0 amide bonds. The first-order chi connectivity index (χ1) is 8.74. The van der Waals surface area contributed by atoms with E-state index in [0.29, 0.717) is 0 Å². The third-order valence-corrected chi connectivity index (χ3v) is 4.03. The summed E-state index contributed by atoms with van der Waals surface area (Å²) in [5.41, 5.74) is 2.44. The van der Waals surface area contributed by atoms with Crippen LogP contribution in [0.5, 0.6) is 0 Å². The zero-order valence-electron chi connectivity index (χ0n) is 11.5. The lowest BCUT2D eigenvalue weighted by Crippen LogP contribution is -2.35. The molecule has 102 valence electrons. The molecule has 0 N–H and O–H groups in total. The van der Waals surface area contributed by atoms with Gasteiger partial charge >= 0.3 is 0 Å². The highest BCUT2D eigenvalue weighted by molar-refractivity contribution is 6.18. The molecule has 0 saturated heterocycles. The van der Waals surface area contributed by atoms with Gasteiger partial charge in [0.15, 0.2) is 0 Å². The van der Waals surface area contributed by atoms with Crippen LogP contribution in [-0.2, 0) is 13.1 Å². The fraction of sp³-hybridized carbons (Fsp3) is 0.786. The normalized spacial score (nSPS) is 16.9. The Morgan fingerprint density at radius 3 is 2.78 bits per heavy atom. The molecule has 3 nitrogen and oxygen atoms in total. The molecule has 1 fully saturated rings. The summed E-state index contributed by atoms with van der Waals surface area (Å²) < 4.78 is 2.12. The van der Waals surface area contributed by atoms with E-state index >= 15 is 0 Å². The molecule has 0 spiro atoms. The largest absolute Gasteiger partial charge is 0.293 e. The predicted molar refractivity (Wildman–Crippen MR) is 76.0 cm³/mol. The standard InChI is InChI=1S/C14H24ClN3/c1-3-18-14(10-12(2)16-18)11-17(9-8-15)13-6-4-5-7-13/h10,13H,3-9,11H2,1-2H3. The van der Waals surface area contributed by atoms with E-state index in [1.165, 1.54) is 31.4 Å². The minimum atomic E-state index is 0.718. The van der Waals surface area contributed by atoms with Gasteiger partial charge in [-0.15, -0.1) is 11.6 Å². The minimum absolute atomic E-state index is 0.718. The fourth-order valence-corrected chi connectivity index (χ4v) is 3.19. The van der Waals surface area contributed by atoms with Crippen molar-refractivity contribution in [1.82, 2.24) is 14.7 Å². The molecule has 0 atom stereocenters. The van der Waals surface area contributed by atoms with Gasteiger partial charge in [-0.3, -0.25) is 9.58 Å². The molecule has 18 heavy (non-hydrogen) atoms. The summed E-state index contributed by atoms with van der Waals surface area (Å²) in [7, 11) is 0. The SMILES string of the molecule is CCn1nc(C)cc1CN(CCCl)C1CCCC1. The molecule has 0 radical (unpaired) electrons.